The molecule has 0 aromatic carbocycles. The summed E-state index contributed by atoms with van der Waals surface area (Å²) < 4.78 is 0. The van der Waals surface area contributed by atoms with Crippen molar-refractivity contribution in [3.05, 3.63) is 0 Å². The van der Waals surface area contributed by atoms with Gasteiger partial charge in [-0.05, 0) is 37.5 Å². The van der Waals surface area contributed by atoms with Crippen LogP contribution in [0.2, 0.25) is 0 Å². The first kappa shape index (κ1) is 36.1. The molecule has 34 heavy (non-hydrogen) atoms. The third kappa shape index (κ3) is 30.0. The molecule has 0 rings (SSSR count). The lowest BCUT2D eigenvalue weighted by Gasteiger charge is -2.13. The zero-order chi connectivity index (χ0) is 25.5. The largest absolute Gasteiger partial charge is 0.396 e. The molecule has 0 spiro atoms. The number of hydrogen-bond acceptors (Lipinski definition) is 2. The van der Waals surface area contributed by atoms with Gasteiger partial charge in [0.05, 0.1) is 0 Å². The van der Waals surface area contributed by atoms with Crippen LogP contribution in [-0.4, -0.2) is 23.4 Å². The first-order valence-electron chi connectivity index (χ1n) is 15.9. The van der Waals surface area contributed by atoms with Crippen molar-refractivity contribution in [2.24, 2.45) is 11.8 Å². The zero-order valence-electron chi connectivity index (χ0n) is 24.4. The Hall–Kier alpha value is -0.0800. The maximum atomic E-state index is 9.32. The molecule has 0 amide bonds. The Morgan fingerprint density at radius 2 is 0.529 bits per heavy atom. The van der Waals surface area contributed by atoms with E-state index >= 15 is 0 Å². The van der Waals surface area contributed by atoms with E-state index in [4.69, 9.17) is 0 Å². The number of aliphatic hydroxyl groups is 2. The Balaban J connectivity index is 0. The maximum Gasteiger partial charge on any atom is 0.0459 e. The van der Waals surface area contributed by atoms with Gasteiger partial charge in [-0.25, -0.2) is 0 Å². The van der Waals surface area contributed by atoms with Crippen molar-refractivity contribution in [3.8, 4) is 0 Å². The SMILES string of the molecule is CCCCCCCCC(CO)CCCCCC.CCCCCCCCC(CO)CCCCCC. The van der Waals surface area contributed by atoms with E-state index in [1.807, 2.05) is 0 Å². The Kier molecular flexibility index (Phi) is 34.9. The molecule has 0 saturated carbocycles. The smallest absolute Gasteiger partial charge is 0.0459 e. The molecule has 2 heteroatoms. The van der Waals surface area contributed by atoms with Gasteiger partial charge in [-0.15, -0.1) is 0 Å². The van der Waals surface area contributed by atoms with Crippen LogP contribution in [0.3, 0.4) is 0 Å². The Bertz CT molecular complexity index is 299. The summed E-state index contributed by atoms with van der Waals surface area (Å²) in [6, 6.07) is 0. The molecule has 0 bridgehead atoms. The zero-order valence-corrected chi connectivity index (χ0v) is 24.4. The second-order valence-corrected chi connectivity index (χ2v) is 10.9. The Morgan fingerprint density at radius 3 is 0.765 bits per heavy atom. The Labute approximate surface area is 217 Å². The maximum absolute atomic E-state index is 9.32. The van der Waals surface area contributed by atoms with Gasteiger partial charge in [0.2, 0.25) is 0 Å². The fraction of sp³-hybridized carbons (Fsp3) is 1.00. The first-order valence-corrected chi connectivity index (χ1v) is 15.9. The van der Waals surface area contributed by atoms with E-state index in [9.17, 15) is 10.2 Å². The summed E-state index contributed by atoms with van der Waals surface area (Å²) in [6.45, 7) is 9.83. The summed E-state index contributed by atoms with van der Waals surface area (Å²) >= 11 is 0. The molecule has 2 unspecified atom stereocenters. The van der Waals surface area contributed by atoms with Gasteiger partial charge in [-0.2, -0.15) is 0 Å². The highest BCUT2D eigenvalue weighted by Crippen LogP contribution is 2.19. The minimum absolute atomic E-state index is 0.404. The van der Waals surface area contributed by atoms with Gasteiger partial charge in [0.25, 0.3) is 0 Å². The van der Waals surface area contributed by atoms with E-state index in [1.54, 1.807) is 0 Å². The summed E-state index contributed by atoms with van der Waals surface area (Å²) in [4.78, 5) is 0. The first-order chi connectivity index (χ1) is 16.7. The molecule has 0 aliphatic rings. The predicted octanol–water partition coefficient (Wildman–Crippen LogP) is 10.6. The van der Waals surface area contributed by atoms with Crippen molar-refractivity contribution in [2.45, 2.75) is 182 Å². The molecule has 208 valence electrons. The summed E-state index contributed by atoms with van der Waals surface area (Å²) in [6.07, 6.45) is 32.0. The van der Waals surface area contributed by atoms with Gasteiger partial charge in [0.15, 0.2) is 0 Å². The fourth-order valence-electron chi connectivity index (χ4n) is 4.80. The average Bonchev–Trinajstić information content (AvgIpc) is 2.86. The van der Waals surface area contributed by atoms with Crippen molar-refractivity contribution in [1.29, 1.82) is 0 Å². The van der Waals surface area contributed by atoms with Crippen molar-refractivity contribution >= 4 is 0 Å². The highest BCUT2D eigenvalue weighted by atomic mass is 16.3. The fourth-order valence-corrected chi connectivity index (χ4v) is 4.80. The van der Waals surface area contributed by atoms with Crippen LogP contribution in [0.5, 0.6) is 0 Å². The second kappa shape index (κ2) is 32.9. The minimum atomic E-state index is 0.404. The summed E-state index contributed by atoms with van der Waals surface area (Å²) in [5.74, 6) is 1.16. The molecule has 2 nitrogen and oxygen atoms in total. The van der Waals surface area contributed by atoms with Crippen LogP contribution in [0.15, 0.2) is 0 Å². The molecule has 0 heterocycles. The molecule has 0 saturated heterocycles. The number of unbranched alkanes of at least 4 members (excludes halogenated alkanes) is 16. The summed E-state index contributed by atoms with van der Waals surface area (Å²) in [7, 11) is 0. The number of hydrogen-bond donors (Lipinski definition) is 2. The van der Waals surface area contributed by atoms with Gasteiger partial charge < -0.3 is 10.2 Å². The van der Waals surface area contributed by atoms with Gasteiger partial charge in [0.1, 0.15) is 0 Å². The van der Waals surface area contributed by atoms with Crippen molar-refractivity contribution < 1.29 is 10.2 Å². The molecule has 0 aliphatic carbocycles. The molecule has 0 radical (unpaired) electrons. The predicted molar refractivity (Wildman–Crippen MR) is 155 cm³/mol. The molecule has 0 aromatic rings. The molecule has 2 atom stereocenters. The monoisotopic (exact) mass is 485 g/mol. The van der Waals surface area contributed by atoms with E-state index in [1.165, 1.54) is 154 Å². The normalized spacial score (nSPS) is 12.9. The molecule has 0 aromatic heterocycles. The average molecular weight is 485 g/mol. The van der Waals surface area contributed by atoms with Crippen LogP contribution < -0.4 is 0 Å². The van der Waals surface area contributed by atoms with E-state index in [2.05, 4.69) is 27.7 Å². The van der Waals surface area contributed by atoms with Crippen LogP contribution in [0.4, 0.5) is 0 Å². The van der Waals surface area contributed by atoms with Crippen LogP contribution in [-0.2, 0) is 0 Å². The third-order valence-electron chi connectivity index (χ3n) is 7.38. The van der Waals surface area contributed by atoms with Gasteiger partial charge in [-0.1, -0.05) is 156 Å². The minimum Gasteiger partial charge on any atom is -0.396 e. The van der Waals surface area contributed by atoms with Gasteiger partial charge >= 0.3 is 0 Å². The highest BCUT2D eigenvalue weighted by molar-refractivity contribution is 4.60. The molecular weight excluding hydrogens is 416 g/mol. The number of rotatable bonds is 26. The molecular formula is C32H68O2. The van der Waals surface area contributed by atoms with Crippen LogP contribution in [0, 0.1) is 11.8 Å². The topological polar surface area (TPSA) is 40.5 Å². The van der Waals surface area contributed by atoms with Crippen LogP contribution in [0.1, 0.15) is 182 Å². The molecule has 2 N–H and O–H groups in total. The standard InChI is InChI=1S/2C16H34O/c2*1-3-5-7-9-10-12-14-16(15-17)13-11-8-6-4-2/h2*16-17H,3-15H2,1-2H3. The Morgan fingerprint density at radius 1 is 0.324 bits per heavy atom. The molecule has 0 fully saturated rings. The summed E-state index contributed by atoms with van der Waals surface area (Å²) in [5, 5.41) is 18.6. The lowest BCUT2D eigenvalue weighted by molar-refractivity contribution is 0.204. The van der Waals surface area contributed by atoms with Crippen molar-refractivity contribution in [3.63, 3.8) is 0 Å². The van der Waals surface area contributed by atoms with E-state index in [0.29, 0.717) is 25.0 Å². The van der Waals surface area contributed by atoms with Crippen molar-refractivity contribution in [2.75, 3.05) is 13.2 Å². The summed E-state index contributed by atoms with van der Waals surface area (Å²) in [5.41, 5.74) is 0. The van der Waals surface area contributed by atoms with Crippen molar-refractivity contribution in [1.82, 2.24) is 0 Å². The second-order valence-electron chi connectivity index (χ2n) is 10.9. The van der Waals surface area contributed by atoms with Gasteiger partial charge in [0, 0.05) is 13.2 Å². The lowest BCUT2D eigenvalue weighted by Crippen LogP contribution is -2.06. The molecule has 0 aliphatic heterocycles. The lowest BCUT2D eigenvalue weighted by atomic mass is 9.95. The van der Waals surface area contributed by atoms with Gasteiger partial charge in [-0.3, -0.25) is 0 Å². The van der Waals surface area contributed by atoms with E-state index in [0.717, 1.165) is 0 Å². The van der Waals surface area contributed by atoms with Crippen LogP contribution >= 0.6 is 0 Å². The van der Waals surface area contributed by atoms with Crippen LogP contribution in [0.25, 0.3) is 0 Å². The van der Waals surface area contributed by atoms with E-state index in [-0.39, 0.29) is 0 Å². The quantitative estimate of drug-likeness (QED) is 0.120. The number of aliphatic hydroxyl groups excluding tert-OH is 2. The highest BCUT2D eigenvalue weighted by Gasteiger charge is 2.07. The third-order valence-corrected chi connectivity index (χ3v) is 7.38. The van der Waals surface area contributed by atoms with E-state index < -0.39 is 0 Å².